The van der Waals surface area contributed by atoms with E-state index in [-0.39, 0.29) is 21.5 Å². The summed E-state index contributed by atoms with van der Waals surface area (Å²) in [6.07, 6.45) is 0. The smallest absolute Gasteiger partial charge is 0.261 e. The van der Waals surface area contributed by atoms with E-state index in [1.165, 1.54) is 19.1 Å². The van der Waals surface area contributed by atoms with Gasteiger partial charge in [0.15, 0.2) is 10.9 Å². The molecule has 0 spiro atoms. The average Bonchev–Trinajstić information content (AvgIpc) is 2.73. The van der Waals surface area contributed by atoms with Crippen molar-refractivity contribution in [1.29, 1.82) is 0 Å². The van der Waals surface area contributed by atoms with Crippen LogP contribution in [0.1, 0.15) is 22.8 Å². The number of rotatable bonds is 8. The molecule has 0 aromatic heterocycles. The van der Waals surface area contributed by atoms with E-state index in [1.54, 1.807) is 24.3 Å². The van der Waals surface area contributed by atoms with Crippen molar-refractivity contribution in [2.75, 3.05) is 36.8 Å². The number of Topliss-reactive ketones (excluding diaryl/α,β-unsaturated/α-hetero) is 1. The molecule has 2 aromatic rings. The number of carbonyl (C=O) groups is 2. The molecule has 0 saturated carbocycles. The lowest BCUT2D eigenvalue weighted by Crippen LogP contribution is -2.35. The first-order valence-electron chi connectivity index (χ1n) is 9.52. The Morgan fingerprint density at radius 3 is 2.27 bits per heavy atom. The third kappa shape index (κ3) is 6.40. The number of benzene rings is 2. The van der Waals surface area contributed by atoms with Crippen LogP contribution in [0, 0.1) is 0 Å². The summed E-state index contributed by atoms with van der Waals surface area (Å²) in [5, 5.41) is -0.122. The highest BCUT2D eigenvalue weighted by molar-refractivity contribution is 8.14. The number of hydrogen-bond acceptors (Lipinski definition) is 7. The van der Waals surface area contributed by atoms with Crippen molar-refractivity contribution in [3.63, 3.8) is 0 Å². The minimum atomic E-state index is -3.74. The van der Waals surface area contributed by atoms with E-state index in [1.807, 2.05) is 12.1 Å². The lowest BCUT2D eigenvalue weighted by atomic mass is 10.1. The zero-order valence-electron chi connectivity index (χ0n) is 16.7. The van der Waals surface area contributed by atoms with Crippen LogP contribution < -0.4 is 4.72 Å². The first-order valence-corrected chi connectivity index (χ1v) is 12.0. The lowest BCUT2D eigenvalue weighted by molar-refractivity contribution is -0.109. The van der Waals surface area contributed by atoms with Gasteiger partial charge >= 0.3 is 0 Å². The zero-order valence-corrected chi connectivity index (χ0v) is 18.3. The van der Waals surface area contributed by atoms with Gasteiger partial charge in [-0.3, -0.25) is 19.2 Å². The molecule has 0 bridgehead atoms. The van der Waals surface area contributed by atoms with Gasteiger partial charge < -0.3 is 4.74 Å². The summed E-state index contributed by atoms with van der Waals surface area (Å²) >= 11 is 0.948. The summed E-state index contributed by atoms with van der Waals surface area (Å²) in [5.41, 5.74) is 1.84. The summed E-state index contributed by atoms with van der Waals surface area (Å²) in [6, 6.07) is 13.0. The minimum absolute atomic E-state index is 0.0667. The third-order valence-corrected chi connectivity index (χ3v) is 6.82. The van der Waals surface area contributed by atoms with Crippen LogP contribution in [0.25, 0.3) is 0 Å². The Bertz CT molecular complexity index is 983. The van der Waals surface area contributed by atoms with Gasteiger partial charge in [-0.25, -0.2) is 8.42 Å². The number of ketones is 1. The van der Waals surface area contributed by atoms with Crippen molar-refractivity contribution in [2.24, 2.45) is 0 Å². The van der Waals surface area contributed by atoms with E-state index >= 15 is 0 Å². The number of morpholine rings is 1. The van der Waals surface area contributed by atoms with Crippen molar-refractivity contribution in [3.05, 3.63) is 59.7 Å². The maximum absolute atomic E-state index is 12.7. The van der Waals surface area contributed by atoms with Crippen molar-refractivity contribution in [3.8, 4) is 0 Å². The highest BCUT2D eigenvalue weighted by atomic mass is 32.2. The first-order chi connectivity index (χ1) is 14.3. The number of nitrogens with one attached hydrogen (secondary N) is 1. The van der Waals surface area contributed by atoms with Gasteiger partial charge in [0.05, 0.1) is 23.9 Å². The van der Waals surface area contributed by atoms with Crippen molar-refractivity contribution < 1.29 is 22.7 Å². The average molecular weight is 449 g/mol. The Balaban J connectivity index is 1.61. The fourth-order valence-electron chi connectivity index (χ4n) is 2.98. The predicted molar refractivity (Wildman–Crippen MR) is 117 cm³/mol. The number of nitrogens with zero attached hydrogens (tertiary/aromatic N) is 1. The Kier molecular flexibility index (Phi) is 7.65. The molecule has 1 saturated heterocycles. The van der Waals surface area contributed by atoms with E-state index in [0.29, 0.717) is 11.3 Å². The number of hydrogen-bond donors (Lipinski definition) is 1. The maximum atomic E-state index is 12.7. The van der Waals surface area contributed by atoms with Crippen LogP contribution in [-0.2, 0) is 26.1 Å². The number of sulfonamides is 1. The topological polar surface area (TPSA) is 92.8 Å². The molecule has 9 heteroatoms. The maximum Gasteiger partial charge on any atom is 0.261 e. The molecule has 3 rings (SSSR count). The minimum Gasteiger partial charge on any atom is -0.379 e. The molecule has 0 amide bonds. The summed E-state index contributed by atoms with van der Waals surface area (Å²) in [4.78, 5) is 25.4. The molecule has 1 N–H and O–H groups in total. The second kappa shape index (κ2) is 10.2. The van der Waals surface area contributed by atoms with Gasteiger partial charge in [-0.1, -0.05) is 23.9 Å². The van der Waals surface area contributed by atoms with Crippen LogP contribution in [0.5, 0.6) is 0 Å². The van der Waals surface area contributed by atoms with Gasteiger partial charge in [-0.05, 0) is 42.0 Å². The van der Waals surface area contributed by atoms with Crippen molar-refractivity contribution in [2.45, 2.75) is 18.4 Å². The molecule has 1 heterocycles. The summed E-state index contributed by atoms with van der Waals surface area (Å²) < 4.78 is 33.2. The Labute approximate surface area is 180 Å². The van der Waals surface area contributed by atoms with Crippen LogP contribution in [0.2, 0.25) is 0 Å². The second-order valence-corrected chi connectivity index (χ2v) is 9.75. The highest BCUT2D eigenvalue weighted by Gasteiger charge is 2.16. The molecule has 1 fully saturated rings. The van der Waals surface area contributed by atoms with Gasteiger partial charge in [-0.2, -0.15) is 0 Å². The molecule has 0 atom stereocenters. The number of ether oxygens (including phenoxy) is 1. The van der Waals surface area contributed by atoms with E-state index in [0.717, 1.165) is 50.2 Å². The van der Waals surface area contributed by atoms with Gasteiger partial charge in [0.1, 0.15) is 0 Å². The van der Waals surface area contributed by atoms with Crippen LogP contribution >= 0.6 is 11.8 Å². The fourth-order valence-corrected chi connectivity index (χ4v) is 4.54. The highest BCUT2D eigenvalue weighted by Crippen LogP contribution is 2.19. The molecule has 0 aliphatic carbocycles. The number of thioether (sulfide) groups is 1. The molecule has 1 aliphatic rings. The second-order valence-electron chi connectivity index (χ2n) is 6.92. The predicted octanol–water partition coefficient (Wildman–Crippen LogP) is 2.78. The fraction of sp³-hybridized carbons (Fsp3) is 0.333. The molecule has 160 valence electrons. The van der Waals surface area contributed by atoms with Crippen molar-refractivity contribution in [1.82, 2.24) is 4.90 Å². The standard InChI is InChI=1S/C21H24N2O5S2/c1-16(24)29-15-21(25)18-4-6-19(7-5-18)22-30(26,27)20-8-2-17(3-9-20)14-23-10-12-28-13-11-23/h2-9,22H,10-15H2,1H3. The molecule has 1 aliphatic heterocycles. The summed E-state index contributed by atoms with van der Waals surface area (Å²) in [7, 11) is -3.74. The molecule has 7 nitrogen and oxygen atoms in total. The number of anilines is 1. The van der Waals surface area contributed by atoms with Crippen LogP contribution in [0.4, 0.5) is 5.69 Å². The Morgan fingerprint density at radius 1 is 1.03 bits per heavy atom. The van der Waals surface area contributed by atoms with E-state index < -0.39 is 10.0 Å². The quantitative estimate of drug-likeness (QED) is 0.621. The van der Waals surface area contributed by atoms with E-state index in [9.17, 15) is 18.0 Å². The Morgan fingerprint density at radius 2 is 1.67 bits per heavy atom. The Hall–Kier alpha value is -2.20. The van der Waals surface area contributed by atoms with E-state index in [2.05, 4.69) is 9.62 Å². The molecule has 0 unspecified atom stereocenters. The molecular weight excluding hydrogens is 424 g/mol. The molecule has 0 radical (unpaired) electrons. The lowest BCUT2D eigenvalue weighted by Gasteiger charge is -2.26. The van der Waals surface area contributed by atoms with Gasteiger partial charge in [0, 0.05) is 37.8 Å². The first kappa shape index (κ1) is 22.5. The van der Waals surface area contributed by atoms with Crippen LogP contribution in [0.3, 0.4) is 0 Å². The largest absolute Gasteiger partial charge is 0.379 e. The van der Waals surface area contributed by atoms with Crippen molar-refractivity contribution >= 4 is 38.4 Å². The number of carbonyl (C=O) groups excluding carboxylic acids is 2. The zero-order chi connectivity index (χ0) is 21.6. The summed E-state index contributed by atoms with van der Waals surface area (Å²) in [6.45, 7) is 5.34. The van der Waals surface area contributed by atoms with Crippen LogP contribution in [-0.4, -0.2) is 56.3 Å². The summed E-state index contributed by atoms with van der Waals surface area (Å²) in [5.74, 6) is -0.113. The van der Waals surface area contributed by atoms with Gasteiger partial charge in [0.25, 0.3) is 10.0 Å². The monoisotopic (exact) mass is 448 g/mol. The van der Waals surface area contributed by atoms with Gasteiger partial charge in [0.2, 0.25) is 0 Å². The SMILES string of the molecule is CC(=O)SCC(=O)c1ccc(NS(=O)(=O)c2ccc(CN3CCOCC3)cc2)cc1. The molecule has 2 aromatic carbocycles. The third-order valence-electron chi connectivity index (χ3n) is 4.61. The van der Waals surface area contributed by atoms with Gasteiger partial charge in [-0.15, -0.1) is 0 Å². The van der Waals surface area contributed by atoms with E-state index in [4.69, 9.17) is 4.74 Å². The molecular formula is C21H24N2O5S2. The van der Waals surface area contributed by atoms with Crippen LogP contribution in [0.15, 0.2) is 53.4 Å². The normalized spacial score (nSPS) is 15.0. The molecule has 30 heavy (non-hydrogen) atoms.